The highest BCUT2D eigenvalue weighted by Gasteiger charge is 2.28. The molecule has 124 valence electrons. The minimum atomic E-state index is -0.636. The summed E-state index contributed by atoms with van der Waals surface area (Å²) < 4.78 is 5.93. The van der Waals surface area contributed by atoms with Crippen molar-refractivity contribution >= 4 is 0 Å². The van der Waals surface area contributed by atoms with Gasteiger partial charge in [-0.05, 0) is 57.0 Å². The van der Waals surface area contributed by atoms with E-state index in [2.05, 4.69) is 17.4 Å². The highest BCUT2D eigenvalue weighted by atomic mass is 16.5. The Morgan fingerprint density at radius 3 is 2.59 bits per heavy atom. The quantitative estimate of drug-likeness (QED) is 0.755. The predicted octanol–water partition coefficient (Wildman–Crippen LogP) is 3.69. The standard InChI is InChI=1S/C19H31NO2/c1-20-14-8-10-17-9-7-11-18(15-17)22-16-19(21)12-5-3-2-4-6-13-19/h7,9,11,15,20-21H,2-6,8,10,12-14,16H2,1H3. The molecule has 1 saturated carbocycles. The van der Waals surface area contributed by atoms with Crippen LogP contribution in [0.1, 0.15) is 56.9 Å². The fourth-order valence-corrected chi connectivity index (χ4v) is 3.19. The third-order valence-corrected chi connectivity index (χ3v) is 4.58. The molecule has 0 bridgehead atoms. The molecule has 0 unspecified atom stereocenters. The zero-order chi connectivity index (χ0) is 15.7. The summed E-state index contributed by atoms with van der Waals surface area (Å²) in [5.41, 5.74) is 0.667. The van der Waals surface area contributed by atoms with Crippen LogP contribution in [-0.4, -0.2) is 30.9 Å². The van der Waals surface area contributed by atoms with Gasteiger partial charge >= 0.3 is 0 Å². The summed E-state index contributed by atoms with van der Waals surface area (Å²) in [6.07, 6.45) is 9.95. The molecule has 2 rings (SSSR count). The van der Waals surface area contributed by atoms with Gasteiger partial charge in [-0.1, -0.05) is 44.2 Å². The van der Waals surface area contributed by atoms with Crippen molar-refractivity contribution in [2.75, 3.05) is 20.2 Å². The van der Waals surface area contributed by atoms with Gasteiger partial charge in [0.25, 0.3) is 0 Å². The smallest absolute Gasteiger partial charge is 0.119 e. The summed E-state index contributed by atoms with van der Waals surface area (Å²) in [6, 6.07) is 8.30. The van der Waals surface area contributed by atoms with Crippen molar-refractivity contribution in [3.8, 4) is 5.75 Å². The van der Waals surface area contributed by atoms with E-state index in [0.29, 0.717) is 6.61 Å². The third kappa shape index (κ3) is 5.98. The fraction of sp³-hybridized carbons (Fsp3) is 0.684. The number of hydrogen-bond acceptors (Lipinski definition) is 3. The minimum absolute atomic E-state index is 0.424. The number of benzene rings is 1. The van der Waals surface area contributed by atoms with Crippen molar-refractivity contribution in [2.45, 2.75) is 63.4 Å². The van der Waals surface area contributed by atoms with Crippen molar-refractivity contribution in [2.24, 2.45) is 0 Å². The molecular formula is C19H31NO2. The first kappa shape index (κ1) is 17.3. The highest BCUT2D eigenvalue weighted by Crippen LogP contribution is 2.27. The largest absolute Gasteiger partial charge is 0.491 e. The fourth-order valence-electron chi connectivity index (χ4n) is 3.19. The van der Waals surface area contributed by atoms with E-state index in [9.17, 15) is 5.11 Å². The van der Waals surface area contributed by atoms with E-state index in [0.717, 1.165) is 50.8 Å². The van der Waals surface area contributed by atoms with Crippen LogP contribution in [0.5, 0.6) is 5.75 Å². The van der Waals surface area contributed by atoms with Gasteiger partial charge in [0.05, 0.1) is 5.60 Å². The molecular weight excluding hydrogens is 274 g/mol. The lowest BCUT2D eigenvalue weighted by Crippen LogP contribution is -2.36. The Morgan fingerprint density at radius 1 is 1.14 bits per heavy atom. The summed E-state index contributed by atoms with van der Waals surface area (Å²) in [5.74, 6) is 0.887. The Hall–Kier alpha value is -1.06. The number of aliphatic hydroxyl groups is 1. The lowest BCUT2D eigenvalue weighted by atomic mass is 9.88. The van der Waals surface area contributed by atoms with Gasteiger partial charge in [0.1, 0.15) is 12.4 Å². The molecule has 1 aromatic rings. The van der Waals surface area contributed by atoms with Crippen molar-refractivity contribution in [1.29, 1.82) is 0 Å². The van der Waals surface area contributed by atoms with Crippen LogP contribution in [0.3, 0.4) is 0 Å². The number of rotatable bonds is 7. The summed E-state index contributed by atoms with van der Waals surface area (Å²) >= 11 is 0. The molecule has 3 nitrogen and oxygen atoms in total. The van der Waals surface area contributed by atoms with E-state index < -0.39 is 5.60 Å². The van der Waals surface area contributed by atoms with Crippen LogP contribution in [-0.2, 0) is 6.42 Å². The summed E-state index contributed by atoms with van der Waals surface area (Å²) in [7, 11) is 1.98. The van der Waals surface area contributed by atoms with E-state index in [1.807, 2.05) is 19.2 Å². The van der Waals surface area contributed by atoms with Crippen LogP contribution in [0, 0.1) is 0 Å². The SMILES string of the molecule is CNCCCc1cccc(OCC2(O)CCCCCCC2)c1. The topological polar surface area (TPSA) is 41.5 Å². The first-order valence-electron chi connectivity index (χ1n) is 8.81. The first-order valence-corrected chi connectivity index (χ1v) is 8.81. The molecule has 2 N–H and O–H groups in total. The van der Waals surface area contributed by atoms with Gasteiger partial charge < -0.3 is 15.2 Å². The average molecular weight is 305 g/mol. The van der Waals surface area contributed by atoms with E-state index >= 15 is 0 Å². The van der Waals surface area contributed by atoms with Gasteiger partial charge in [0.2, 0.25) is 0 Å². The Bertz CT molecular complexity index is 425. The van der Waals surface area contributed by atoms with Crippen LogP contribution < -0.4 is 10.1 Å². The normalized spacial score (nSPS) is 18.5. The van der Waals surface area contributed by atoms with Crippen LogP contribution in [0.25, 0.3) is 0 Å². The summed E-state index contributed by atoms with van der Waals surface area (Å²) in [5, 5.41) is 13.9. The van der Waals surface area contributed by atoms with Crippen molar-refractivity contribution in [3.05, 3.63) is 29.8 Å². The van der Waals surface area contributed by atoms with Gasteiger partial charge in [0, 0.05) is 0 Å². The molecule has 0 amide bonds. The molecule has 0 aliphatic heterocycles. The Morgan fingerprint density at radius 2 is 1.86 bits per heavy atom. The van der Waals surface area contributed by atoms with Crippen molar-refractivity contribution in [1.82, 2.24) is 5.32 Å². The van der Waals surface area contributed by atoms with Gasteiger partial charge in [-0.25, -0.2) is 0 Å². The molecule has 1 aliphatic rings. The van der Waals surface area contributed by atoms with Crippen LogP contribution >= 0.6 is 0 Å². The molecule has 0 radical (unpaired) electrons. The lowest BCUT2D eigenvalue weighted by Gasteiger charge is -2.30. The Labute approximate surface area is 135 Å². The zero-order valence-electron chi connectivity index (χ0n) is 13.9. The second kappa shape index (κ2) is 9.16. The molecule has 0 atom stereocenters. The van der Waals surface area contributed by atoms with Gasteiger partial charge in [-0.2, -0.15) is 0 Å². The Kier molecular flexibility index (Phi) is 7.20. The van der Waals surface area contributed by atoms with Crippen molar-refractivity contribution in [3.63, 3.8) is 0 Å². The maximum absolute atomic E-state index is 10.7. The Balaban J connectivity index is 1.85. The maximum atomic E-state index is 10.7. The van der Waals surface area contributed by atoms with E-state index in [1.54, 1.807) is 0 Å². The number of nitrogens with one attached hydrogen (secondary N) is 1. The molecule has 1 fully saturated rings. The summed E-state index contributed by atoms with van der Waals surface area (Å²) in [6.45, 7) is 1.46. The number of hydrogen-bond donors (Lipinski definition) is 2. The highest BCUT2D eigenvalue weighted by molar-refractivity contribution is 5.28. The van der Waals surface area contributed by atoms with Gasteiger partial charge in [-0.3, -0.25) is 0 Å². The minimum Gasteiger partial charge on any atom is -0.491 e. The second-order valence-corrected chi connectivity index (χ2v) is 6.64. The zero-order valence-corrected chi connectivity index (χ0v) is 13.9. The average Bonchev–Trinajstić information content (AvgIpc) is 2.50. The van der Waals surface area contributed by atoms with Crippen LogP contribution in [0.4, 0.5) is 0 Å². The van der Waals surface area contributed by atoms with Gasteiger partial charge in [-0.15, -0.1) is 0 Å². The molecule has 3 heteroatoms. The van der Waals surface area contributed by atoms with E-state index in [-0.39, 0.29) is 0 Å². The first-order chi connectivity index (χ1) is 10.7. The molecule has 0 saturated heterocycles. The van der Waals surface area contributed by atoms with Crippen LogP contribution in [0.15, 0.2) is 24.3 Å². The number of ether oxygens (including phenoxy) is 1. The molecule has 0 spiro atoms. The molecule has 0 aromatic heterocycles. The second-order valence-electron chi connectivity index (χ2n) is 6.64. The van der Waals surface area contributed by atoms with E-state index in [4.69, 9.17) is 4.74 Å². The predicted molar refractivity (Wildman–Crippen MR) is 91.5 cm³/mol. The molecule has 1 aromatic carbocycles. The van der Waals surface area contributed by atoms with Crippen LogP contribution in [0.2, 0.25) is 0 Å². The monoisotopic (exact) mass is 305 g/mol. The molecule has 0 heterocycles. The maximum Gasteiger partial charge on any atom is 0.119 e. The van der Waals surface area contributed by atoms with Crippen molar-refractivity contribution < 1.29 is 9.84 Å². The molecule has 1 aliphatic carbocycles. The third-order valence-electron chi connectivity index (χ3n) is 4.58. The number of aryl methyl sites for hydroxylation is 1. The lowest BCUT2D eigenvalue weighted by molar-refractivity contribution is -0.0257. The summed E-state index contributed by atoms with van der Waals surface area (Å²) in [4.78, 5) is 0. The van der Waals surface area contributed by atoms with Gasteiger partial charge in [0.15, 0.2) is 0 Å². The molecule has 22 heavy (non-hydrogen) atoms. The van der Waals surface area contributed by atoms with E-state index in [1.165, 1.54) is 24.8 Å².